The fraction of sp³-hybridized carbons (Fsp3) is 0.500. The molecule has 5 heteroatoms. The predicted octanol–water partition coefficient (Wildman–Crippen LogP) is -0.267. The van der Waals surface area contributed by atoms with Crippen LogP contribution in [0.15, 0.2) is 18.2 Å². The fourth-order valence-electron chi connectivity index (χ4n) is 1.29. The minimum Gasteiger partial charge on any atom is -0.423 e. The first kappa shape index (κ1) is 16.1. The van der Waals surface area contributed by atoms with Crippen LogP contribution in [0.5, 0.6) is 0 Å². The summed E-state index contributed by atoms with van der Waals surface area (Å²) >= 11 is 0. The Morgan fingerprint density at radius 1 is 1.12 bits per heavy atom. The van der Waals surface area contributed by atoms with Crippen LogP contribution >= 0.6 is 0 Å². The van der Waals surface area contributed by atoms with E-state index in [9.17, 15) is 0 Å². The average molecular weight is 240 g/mol. The molecule has 0 fully saturated rings. The van der Waals surface area contributed by atoms with Gasteiger partial charge in [-0.3, -0.25) is 0 Å². The van der Waals surface area contributed by atoms with Gasteiger partial charge in [0.05, 0.1) is 12.7 Å². The van der Waals surface area contributed by atoms with Crippen LogP contribution in [0, 0.1) is 13.8 Å². The molecule has 1 aromatic rings. The lowest BCUT2D eigenvalue weighted by atomic mass is 9.79. The highest BCUT2D eigenvalue weighted by molar-refractivity contribution is 6.58. The number of aryl methyl sites for hydroxylation is 2. The lowest BCUT2D eigenvalue weighted by Gasteiger charge is -2.02. The predicted molar refractivity (Wildman–Crippen MR) is 69.1 cm³/mol. The van der Waals surface area contributed by atoms with E-state index in [-0.39, 0.29) is 6.61 Å². The number of benzene rings is 1. The number of hydrogen-bond acceptors (Lipinski definition) is 4. The van der Waals surface area contributed by atoms with E-state index < -0.39 is 13.2 Å². The highest BCUT2D eigenvalue weighted by Gasteiger charge is 2.10. The second-order valence-corrected chi connectivity index (χ2v) is 4.04. The SMILES string of the molecule is CCC(O)CO.Cc1cc(C)cc(B(O)O)c1. The summed E-state index contributed by atoms with van der Waals surface area (Å²) in [6.07, 6.45) is 0.126. The Hall–Kier alpha value is -0.875. The van der Waals surface area contributed by atoms with Crippen molar-refractivity contribution in [3.05, 3.63) is 29.3 Å². The largest absolute Gasteiger partial charge is 0.488 e. The number of aliphatic hydroxyl groups is 2. The third-order valence-corrected chi connectivity index (χ3v) is 2.22. The Bertz CT molecular complexity index is 304. The van der Waals surface area contributed by atoms with Gasteiger partial charge < -0.3 is 20.3 Å². The Morgan fingerprint density at radius 2 is 1.59 bits per heavy atom. The van der Waals surface area contributed by atoms with Gasteiger partial charge in [0.15, 0.2) is 0 Å². The molecule has 0 aliphatic carbocycles. The second-order valence-electron chi connectivity index (χ2n) is 4.04. The Kier molecular flexibility index (Phi) is 7.83. The van der Waals surface area contributed by atoms with E-state index in [1.54, 1.807) is 12.1 Å². The smallest absolute Gasteiger partial charge is 0.423 e. The van der Waals surface area contributed by atoms with E-state index >= 15 is 0 Å². The van der Waals surface area contributed by atoms with Crippen LogP contribution in [-0.2, 0) is 0 Å². The molecule has 1 aromatic carbocycles. The van der Waals surface area contributed by atoms with Crippen molar-refractivity contribution in [2.24, 2.45) is 0 Å². The summed E-state index contributed by atoms with van der Waals surface area (Å²) in [4.78, 5) is 0. The highest BCUT2D eigenvalue weighted by atomic mass is 16.4. The first-order valence-electron chi connectivity index (χ1n) is 5.64. The minimum atomic E-state index is -1.35. The van der Waals surface area contributed by atoms with Crippen molar-refractivity contribution in [2.75, 3.05) is 6.61 Å². The van der Waals surface area contributed by atoms with Crippen molar-refractivity contribution in [1.29, 1.82) is 0 Å². The van der Waals surface area contributed by atoms with Gasteiger partial charge in [0.1, 0.15) is 0 Å². The molecule has 1 unspecified atom stereocenters. The molecule has 0 bridgehead atoms. The Balaban J connectivity index is 0.000000366. The molecule has 4 N–H and O–H groups in total. The van der Waals surface area contributed by atoms with Gasteiger partial charge >= 0.3 is 7.12 Å². The summed E-state index contributed by atoms with van der Waals surface area (Å²) in [5.41, 5.74) is 2.66. The lowest BCUT2D eigenvalue weighted by molar-refractivity contribution is 0.0923. The molecule has 1 rings (SSSR count). The number of hydrogen-bond donors (Lipinski definition) is 4. The van der Waals surface area contributed by atoms with Gasteiger partial charge in [-0.25, -0.2) is 0 Å². The van der Waals surface area contributed by atoms with Crippen LogP contribution < -0.4 is 5.46 Å². The summed E-state index contributed by atoms with van der Waals surface area (Å²) < 4.78 is 0. The number of rotatable bonds is 3. The number of aliphatic hydroxyl groups excluding tert-OH is 2. The van der Waals surface area contributed by atoms with Crippen LogP contribution in [0.1, 0.15) is 24.5 Å². The lowest BCUT2D eigenvalue weighted by Crippen LogP contribution is -2.30. The summed E-state index contributed by atoms with van der Waals surface area (Å²) in [6.45, 7) is 5.56. The maximum Gasteiger partial charge on any atom is 0.488 e. The third kappa shape index (κ3) is 7.12. The zero-order valence-electron chi connectivity index (χ0n) is 10.6. The molecule has 0 aromatic heterocycles. The van der Waals surface area contributed by atoms with Crippen molar-refractivity contribution < 1.29 is 20.3 Å². The first-order chi connectivity index (χ1) is 7.90. The van der Waals surface area contributed by atoms with Gasteiger partial charge in [0, 0.05) is 0 Å². The Morgan fingerprint density at radius 3 is 1.82 bits per heavy atom. The van der Waals surface area contributed by atoms with Gasteiger partial charge in [0.25, 0.3) is 0 Å². The van der Waals surface area contributed by atoms with Crippen LogP contribution in [0.3, 0.4) is 0 Å². The van der Waals surface area contributed by atoms with E-state index in [1.807, 2.05) is 26.8 Å². The van der Waals surface area contributed by atoms with Gasteiger partial charge in [0.2, 0.25) is 0 Å². The van der Waals surface area contributed by atoms with Crippen molar-refractivity contribution in [2.45, 2.75) is 33.3 Å². The maximum absolute atomic E-state index is 8.83. The fourth-order valence-corrected chi connectivity index (χ4v) is 1.29. The average Bonchev–Trinajstić information content (AvgIpc) is 2.27. The highest BCUT2D eigenvalue weighted by Crippen LogP contribution is 1.99. The van der Waals surface area contributed by atoms with Crippen molar-refractivity contribution >= 4 is 12.6 Å². The van der Waals surface area contributed by atoms with Crippen LogP contribution in [0.4, 0.5) is 0 Å². The molecule has 4 nitrogen and oxygen atoms in total. The molecule has 0 aliphatic heterocycles. The second kappa shape index (κ2) is 8.25. The van der Waals surface area contributed by atoms with E-state index in [0.717, 1.165) is 11.1 Å². The minimum absolute atomic E-state index is 0.115. The molecule has 0 heterocycles. The molecule has 17 heavy (non-hydrogen) atoms. The van der Waals surface area contributed by atoms with Crippen molar-refractivity contribution in [3.63, 3.8) is 0 Å². The molecule has 0 saturated carbocycles. The standard InChI is InChI=1S/C8H11BO2.C4H10O2/c1-6-3-7(2)5-8(4-6)9(10)11;1-2-4(6)3-5/h3-5,10-11H,1-2H3;4-6H,2-3H2,1H3. The Labute approximate surface area is 103 Å². The monoisotopic (exact) mass is 240 g/mol. The molecule has 1 atom stereocenters. The van der Waals surface area contributed by atoms with Gasteiger partial charge in [-0.2, -0.15) is 0 Å². The molecular weight excluding hydrogens is 219 g/mol. The molecule has 0 spiro atoms. The van der Waals surface area contributed by atoms with Crippen LogP contribution in [-0.4, -0.2) is 40.1 Å². The molecule has 0 saturated heterocycles. The maximum atomic E-state index is 8.83. The van der Waals surface area contributed by atoms with E-state index in [0.29, 0.717) is 11.9 Å². The zero-order chi connectivity index (χ0) is 13.4. The first-order valence-corrected chi connectivity index (χ1v) is 5.64. The summed E-state index contributed by atoms with van der Waals surface area (Å²) in [5.74, 6) is 0. The summed E-state index contributed by atoms with van der Waals surface area (Å²) in [5, 5.41) is 34.2. The van der Waals surface area contributed by atoms with Gasteiger partial charge in [-0.1, -0.05) is 36.2 Å². The molecule has 96 valence electrons. The normalized spacial score (nSPS) is 11.5. The van der Waals surface area contributed by atoms with E-state index in [1.165, 1.54) is 0 Å². The van der Waals surface area contributed by atoms with Crippen molar-refractivity contribution in [3.8, 4) is 0 Å². The van der Waals surface area contributed by atoms with Crippen molar-refractivity contribution in [1.82, 2.24) is 0 Å². The quantitative estimate of drug-likeness (QED) is 0.548. The third-order valence-electron chi connectivity index (χ3n) is 2.22. The van der Waals surface area contributed by atoms with E-state index in [2.05, 4.69) is 0 Å². The van der Waals surface area contributed by atoms with Crippen LogP contribution in [0.25, 0.3) is 0 Å². The topological polar surface area (TPSA) is 80.9 Å². The van der Waals surface area contributed by atoms with Gasteiger partial charge in [-0.05, 0) is 25.7 Å². The molecular formula is C12H21BO4. The van der Waals surface area contributed by atoms with Gasteiger partial charge in [-0.15, -0.1) is 0 Å². The molecule has 0 aliphatic rings. The zero-order valence-corrected chi connectivity index (χ0v) is 10.6. The molecule has 0 amide bonds. The summed E-state index contributed by atoms with van der Waals surface area (Å²) in [6, 6.07) is 5.52. The summed E-state index contributed by atoms with van der Waals surface area (Å²) in [7, 11) is -1.35. The van der Waals surface area contributed by atoms with E-state index in [4.69, 9.17) is 20.3 Å². The van der Waals surface area contributed by atoms with Crippen LogP contribution in [0.2, 0.25) is 0 Å². The molecule has 0 radical (unpaired) electrons.